The van der Waals surface area contributed by atoms with E-state index >= 15 is 0 Å². The summed E-state index contributed by atoms with van der Waals surface area (Å²) in [5.41, 5.74) is -3.83. The van der Waals surface area contributed by atoms with Crippen molar-refractivity contribution in [1.82, 2.24) is 5.32 Å². The number of alkyl halides is 6. The van der Waals surface area contributed by atoms with Gasteiger partial charge >= 0.3 is 12.4 Å². The van der Waals surface area contributed by atoms with Crippen LogP contribution < -0.4 is 5.32 Å². The van der Waals surface area contributed by atoms with Gasteiger partial charge in [-0.1, -0.05) is 0 Å². The minimum absolute atomic E-state index is 0.0384. The molecule has 1 heterocycles. The molecule has 23 heavy (non-hydrogen) atoms. The Labute approximate surface area is 125 Å². The summed E-state index contributed by atoms with van der Waals surface area (Å²) in [6.07, 6.45) is -8.69. The van der Waals surface area contributed by atoms with Gasteiger partial charge < -0.3 is 9.73 Å². The minimum Gasteiger partial charge on any atom is -0.467 e. The Balaban J connectivity index is 2.31. The fraction of sp³-hybridized carbons (Fsp3) is 0.214. The number of furan rings is 1. The lowest BCUT2D eigenvalue weighted by atomic mass is 10.0. The number of carbonyl (C=O) groups excluding carboxylic acids is 1. The fourth-order valence-corrected chi connectivity index (χ4v) is 1.77. The molecule has 2 aromatic rings. The zero-order valence-corrected chi connectivity index (χ0v) is 11.3. The molecule has 1 aromatic heterocycles. The van der Waals surface area contributed by atoms with Crippen LogP contribution in [0.2, 0.25) is 0 Å². The monoisotopic (exact) mass is 337 g/mol. The highest BCUT2D eigenvalue weighted by Crippen LogP contribution is 2.36. The predicted molar refractivity (Wildman–Crippen MR) is 66.3 cm³/mol. The molecular weight excluding hydrogens is 328 g/mol. The average Bonchev–Trinajstić information content (AvgIpc) is 2.95. The normalized spacial score (nSPS) is 12.3. The molecule has 0 aliphatic heterocycles. The van der Waals surface area contributed by atoms with Gasteiger partial charge in [0.05, 0.1) is 23.9 Å². The minimum atomic E-state index is -5.00. The molecule has 3 nitrogen and oxygen atoms in total. The highest BCUT2D eigenvalue weighted by molar-refractivity contribution is 5.94. The van der Waals surface area contributed by atoms with E-state index in [4.69, 9.17) is 4.42 Å². The first-order valence-corrected chi connectivity index (χ1v) is 6.17. The fourth-order valence-electron chi connectivity index (χ4n) is 1.77. The van der Waals surface area contributed by atoms with Crippen LogP contribution in [0, 0.1) is 0 Å². The summed E-state index contributed by atoms with van der Waals surface area (Å²) in [5, 5.41) is 2.19. The van der Waals surface area contributed by atoms with Crippen molar-refractivity contribution in [3.63, 3.8) is 0 Å². The van der Waals surface area contributed by atoms with Crippen molar-refractivity contribution in [2.75, 3.05) is 0 Å². The standard InChI is InChI=1S/C14H9F6NO2/c15-13(16,17)9-4-8(5-10(6-9)14(18,19)20)12(22)21-7-11-2-1-3-23-11/h1-6H,7H2,(H,21,22). The number of nitrogens with one attached hydrogen (secondary N) is 1. The zero-order chi connectivity index (χ0) is 17.3. The number of amides is 1. The van der Waals surface area contributed by atoms with E-state index in [1.165, 1.54) is 18.4 Å². The van der Waals surface area contributed by atoms with Crippen LogP contribution in [0.4, 0.5) is 26.3 Å². The van der Waals surface area contributed by atoms with Gasteiger partial charge in [-0.25, -0.2) is 0 Å². The van der Waals surface area contributed by atoms with Gasteiger partial charge in [-0.15, -0.1) is 0 Å². The van der Waals surface area contributed by atoms with Crippen LogP contribution in [-0.2, 0) is 18.9 Å². The third kappa shape index (κ3) is 4.27. The van der Waals surface area contributed by atoms with Crippen molar-refractivity contribution >= 4 is 5.91 Å². The van der Waals surface area contributed by atoms with E-state index in [0.717, 1.165) is 0 Å². The Morgan fingerprint density at radius 2 is 1.57 bits per heavy atom. The Morgan fingerprint density at radius 3 is 2.00 bits per heavy atom. The smallest absolute Gasteiger partial charge is 0.416 e. The predicted octanol–water partition coefficient (Wildman–Crippen LogP) is 4.25. The van der Waals surface area contributed by atoms with Crippen LogP contribution in [0.3, 0.4) is 0 Å². The van der Waals surface area contributed by atoms with Gasteiger partial charge in [-0.05, 0) is 30.3 Å². The van der Waals surface area contributed by atoms with Crippen LogP contribution in [-0.4, -0.2) is 5.91 Å². The number of hydrogen-bond donors (Lipinski definition) is 1. The molecule has 0 spiro atoms. The maximum atomic E-state index is 12.7. The van der Waals surface area contributed by atoms with Crippen molar-refractivity contribution < 1.29 is 35.6 Å². The van der Waals surface area contributed by atoms with E-state index in [0.29, 0.717) is 17.9 Å². The second-order valence-electron chi connectivity index (χ2n) is 4.56. The summed E-state index contributed by atoms with van der Waals surface area (Å²) in [7, 11) is 0. The Bertz CT molecular complexity index is 656. The summed E-state index contributed by atoms with van der Waals surface area (Å²) in [4.78, 5) is 11.8. The van der Waals surface area contributed by atoms with Gasteiger partial charge in [-0.2, -0.15) is 26.3 Å². The lowest BCUT2D eigenvalue weighted by Gasteiger charge is -2.14. The van der Waals surface area contributed by atoms with Gasteiger partial charge in [0, 0.05) is 5.56 Å². The number of benzene rings is 1. The number of rotatable bonds is 3. The molecule has 1 amide bonds. The highest BCUT2D eigenvalue weighted by Gasteiger charge is 2.37. The molecule has 2 rings (SSSR count). The molecule has 1 N–H and O–H groups in total. The number of halogens is 6. The summed E-state index contributed by atoms with van der Waals surface area (Å²) < 4.78 is 81.1. The molecule has 0 fully saturated rings. The van der Waals surface area contributed by atoms with E-state index < -0.39 is 35.0 Å². The number of carbonyl (C=O) groups is 1. The molecule has 0 aliphatic carbocycles. The molecule has 0 bridgehead atoms. The molecule has 1 aromatic carbocycles. The topological polar surface area (TPSA) is 42.2 Å². The quantitative estimate of drug-likeness (QED) is 0.851. The highest BCUT2D eigenvalue weighted by atomic mass is 19.4. The van der Waals surface area contributed by atoms with E-state index in [9.17, 15) is 31.1 Å². The molecule has 0 unspecified atom stereocenters. The molecule has 0 radical (unpaired) electrons. The number of hydrogen-bond acceptors (Lipinski definition) is 2. The van der Waals surface area contributed by atoms with E-state index in [2.05, 4.69) is 5.32 Å². The van der Waals surface area contributed by atoms with Crippen molar-refractivity contribution in [2.24, 2.45) is 0 Å². The molecule has 0 atom stereocenters. The Hall–Kier alpha value is -2.45. The van der Waals surface area contributed by atoms with Crippen molar-refractivity contribution in [3.05, 3.63) is 59.0 Å². The second kappa shape index (κ2) is 5.98. The molecule has 124 valence electrons. The maximum Gasteiger partial charge on any atom is 0.416 e. The molecule has 0 saturated carbocycles. The van der Waals surface area contributed by atoms with Gasteiger partial charge in [0.2, 0.25) is 0 Å². The SMILES string of the molecule is O=C(NCc1ccco1)c1cc(C(F)(F)F)cc(C(F)(F)F)c1. The van der Waals surface area contributed by atoms with Gasteiger partial charge in [0.15, 0.2) is 0 Å². The first kappa shape index (κ1) is 16.9. The van der Waals surface area contributed by atoms with Crippen molar-refractivity contribution in [3.8, 4) is 0 Å². The Morgan fingerprint density at radius 1 is 1.00 bits per heavy atom. The summed E-state index contributed by atoms with van der Waals surface area (Å²) in [6.45, 7) is -0.163. The third-order valence-corrected chi connectivity index (χ3v) is 2.85. The van der Waals surface area contributed by atoms with Crippen LogP contribution in [0.1, 0.15) is 27.2 Å². The van der Waals surface area contributed by atoms with Crippen molar-refractivity contribution in [2.45, 2.75) is 18.9 Å². The lowest BCUT2D eigenvalue weighted by molar-refractivity contribution is -0.143. The van der Waals surface area contributed by atoms with E-state index in [1.807, 2.05) is 0 Å². The molecule has 0 aliphatic rings. The van der Waals surface area contributed by atoms with E-state index in [-0.39, 0.29) is 12.6 Å². The Kier molecular flexibility index (Phi) is 4.39. The first-order chi connectivity index (χ1) is 10.6. The zero-order valence-electron chi connectivity index (χ0n) is 11.3. The third-order valence-electron chi connectivity index (χ3n) is 2.85. The average molecular weight is 337 g/mol. The summed E-state index contributed by atoms with van der Waals surface area (Å²) in [5.74, 6) is -0.764. The van der Waals surface area contributed by atoms with Crippen LogP contribution in [0.5, 0.6) is 0 Å². The van der Waals surface area contributed by atoms with Crippen LogP contribution in [0.15, 0.2) is 41.0 Å². The lowest BCUT2D eigenvalue weighted by Crippen LogP contribution is -2.24. The van der Waals surface area contributed by atoms with Gasteiger partial charge in [-0.3, -0.25) is 4.79 Å². The second-order valence-corrected chi connectivity index (χ2v) is 4.56. The van der Waals surface area contributed by atoms with Crippen LogP contribution in [0.25, 0.3) is 0 Å². The summed E-state index contributed by atoms with van der Waals surface area (Å²) >= 11 is 0. The molecular formula is C14H9F6NO2. The largest absolute Gasteiger partial charge is 0.467 e. The van der Waals surface area contributed by atoms with Gasteiger partial charge in [0.25, 0.3) is 5.91 Å². The molecule has 0 saturated heterocycles. The van der Waals surface area contributed by atoms with Crippen LogP contribution >= 0.6 is 0 Å². The molecule has 9 heteroatoms. The summed E-state index contributed by atoms with van der Waals surface area (Å²) in [6, 6.07) is 3.71. The van der Waals surface area contributed by atoms with Gasteiger partial charge in [0.1, 0.15) is 5.76 Å². The first-order valence-electron chi connectivity index (χ1n) is 6.17. The van der Waals surface area contributed by atoms with E-state index in [1.54, 1.807) is 0 Å². The van der Waals surface area contributed by atoms with Crippen molar-refractivity contribution in [1.29, 1.82) is 0 Å². The maximum absolute atomic E-state index is 12.7.